The van der Waals surface area contributed by atoms with Crippen molar-refractivity contribution in [3.63, 3.8) is 0 Å². The molecule has 0 radical (unpaired) electrons. The van der Waals surface area contributed by atoms with E-state index in [9.17, 15) is 14.4 Å². The van der Waals surface area contributed by atoms with Crippen molar-refractivity contribution in [3.05, 3.63) is 12.7 Å². The normalized spacial score (nSPS) is 11.3. The van der Waals surface area contributed by atoms with Crippen LogP contribution in [-0.2, 0) is 19.1 Å². The Kier molecular flexibility index (Phi) is 9.06. The van der Waals surface area contributed by atoms with Gasteiger partial charge in [-0.1, -0.05) is 15.2 Å². The summed E-state index contributed by atoms with van der Waals surface area (Å²) in [6.45, 7) is 8.67. The highest BCUT2D eigenvalue weighted by atomic mass is 31.1. The van der Waals surface area contributed by atoms with Crippen LogP contribution in [0.5, 0.6) is 0 Å². The molecular weight excluding hydrogens is 277 g/mol. The molecule has 1 unspecified atom stereocenters. The van der Waals surface area contributed by atoms with Gasteiger partial charge in [-0.3, -0.25) is 9.59 Å². The molecule has 0 aromatic carbocycles. The van der Waals surface area contributed by atoms with Crippen LogP contribution in [0.2, 0.25) is 0 Å². The number of ether oxygens (including phenoxy) is 1. The van der Waals surface area contributed by atoms with E-state index >= 15 is 0 Å². The first-order chi connectivity index (χ1) is 9.33. The van der Waals surface area contributed by atoms with Gasteiger partial charge in [0.05, 0.1) is 6.61 Å². The first-order valence-electron chi connectivity index (χ1n) is 6.66. The van der Waals surface area contributed by atoms with Crippen molar-refractivity contribution < 1.29 is 19.1 Å². The molecule has 1 N–H and O–H groups in total. The van der Waals surface area contributed by atoms with Gasteiger partial charge in [-0.15, -0.1) is 0 Å². The summed E-state index contributed by atoms with van der Waals surface area (Å²) in [7, 11) is 0.357. The zero-order valence-electron chi connectivity index (χ0n) is 12.5. The minimum atomic E-state index is -1.06. The maximum atomic E-state index is 11.8. The zero-order chi connectivity index (χ0) is 15.6. The second-order valence-electron chi connectivity index (χ2n) is 4.94. The molecule has 0 saturated heterocycles. The third-order valence-corrected chi connectivity index (χ3v) is 3.50. The quantitative estimate of drug-likeness (QED) is 0.290. The van der Waals surface area contributed by atoms with Crippen LogP contribution in [0.1, 0.15) is 39.5 Å². The van der Waals surface area contributed by atoms with Gasteiger partial charge < -0.3 is 10.1 Å². The number of esters is 1. The molecule has 1 amide bonds. The van der Waals surface area contributed by atoms with E-state index in [2.05, 4.69) is 11.9 Å². The molecule has 1 atom stereocenters. The lowest BCUT2D eigenvalue weighted by molar-refractivity contribution is -0.151. The number of unbranched alkanes of at least 4 members (excludes halogenated alkanes) is 2. The van der Waals surface area contributed by atoms with E-state index in [1.54, 1.807) is 13.8 Å². The van der Waals surface area contributed by atoms with E-state index in [4.69, 9.17) is 4.74 Å². The van der Waals surface area contributed by atoms with E-state index in [1.165, 1.54) is 0 Å². The second kappa shape index (κ2) is 9.65. The third-order valence-electron chi connectivity index (χ3n) is 2.69. The maximum Gasteiger partial charge on any atom is 0.331 e. The fourth-order valence-corrected chi connectivity index (χ4v) is 1.87. The van der Waals surface area contributed by atoms with E-state index in [0.29, 0.717) is 21.6 Å². The Balaban J connectivity index is 3.84. The van der Waals surface area contributed by atoms with Gasteiger partial charge in [0.1, 0.15) is 5.54 Å². The lowest BCUT2D eigenvalue weighted by atomic mass is 10.1. The summed E-state index contributed by atoms with van der Waals surface area (Å²) in [5, 5.41) is 2.51. The molecule has 20 heavy (non-hydrogen) atoms. The maximum absolute atomic E-state index is 11.8. The summed E-state index contributed by atoms with van der Waals surface area (Å²) < 4.78 is 5.11. The van der Waals surface area contributed by atoms with Crippen molar-refractivity contribution in [2.24, 2.45) is 0 Å². The Morgan fingerprint density at radius 1 is 1.25 bits per heavy atom. The van der Waals surface area contributed by atoms with Crippen molar-refractivity contribution in [1.82, 2.24) is 5.32 Å². The summed E-state index contributed by atoms with van der Waals surface area (Å²) in [5.41, 5.74) is -0.778. The molecule has 0 aliphatic rings. The average Bonchev–Trinajstić information content (AvgIpc) is 2.41. The summed E-state index contributed by atoms with van der Waals surface area (Å²) in [4.78, 5) is 34.0. The predicted octanol–water partition coefficient (Wildman–Crippen LogP) is 2.01. The summed E-state index contributed by atoms with van der Waals surface area (Å²) in [5.74, 6) is -0.885. The molecule has 0 rings (SSSR count). The van der Waals surface area contributed by atoms with Gasteiger partial charge in [0, 0.05) is 6.42 Å². The number of carbonyl (C=O) groups excluding carboxylic acids is 3. The van der Waals surface area contributed by atoms with Crippen molar-refractivity contribution in [3.8, 4) is 0 Å². The van der Waals surface area contributed by atoms with E-state index in [0.717, 1.165) is 25.3 Å². The van der Waals surface area contributed by atoms with Gasteiger partial charge in [-0.05, 0) is 45.9 Å². The smallest absolute Gasteiger partial charge is 0.331 e. The van der Waals surface area contributed by atoms with Crippen LogP contribution in [0.3, 0.4) is 0 Å². The molecule has 6 heteroatoms. The molecule has 0 saturated carbocycles. The molecule has 0 aliphatic heterocycles. The van der Waals surface area contributed by atoms with Crippen molar-refractivity contribution in [2.45, 2.75) is 45.1 Å². The Labute approximate surface area is 122 Å². The third kappa shape index (κ3) is 8.05. The van der Waals surface area contributed by atoms with Gasteiger partial charge >= 0.3 is 5.97 Å². The molecule has 0 aliphatic carbocycles. The Bertz CT molecular complexity index is 366. The number of rotatable bonds is 10. The number of carbonyl (C=O) groups is 3. The summed E-state index contributed by atoms with van der Waals surface area (Å²) >= 11 is 0. The monoisotopic (exact) mass is 301 g/mol. The standard InChI is InChI=1S/C14H24NO4P/c1-5-11(16)15-14(2,3)13(18)19-10-8-6-7-9-12(17)20-4/h5,20H,1,6-10H2,2-4H3,(H,15,16). The summed E-state index contributed by atoms with van der Waals surface area (Å²) in [6.07, 6.45) is 4.11. The van der Waals surface area contributed by atoms with Crippen LogP contribution in [0, 0.1) is 0 Å². The van der Waals surface area contributed by atoms with Crippen molar-refractivity contribution in [2.75, 3.05) is 13.3 Å². The zero-order valence-corrected chi connectivity index (χ0v) is 13.5. The van der Waals surface area contributed by atoms with Crippen LogP contribution < -0.4 is 5.32 Å². The first-order valence-corrected chi connectivity index (χ1v) is 8.16. The topological polar surface area (TPSA) is 72.5 Å². The fourth-order valence-electron chi connectivity index (χ4n) is 1.44. The Morgan fingerprint density at radius 3 is 2.45 bits per heavy atom. The molecule has 114 valence electrons. The van der Waals surface area contributed by atoms with Crippen LogP contribution in [0.15, 0.2) is 12.7 Å². The van der Waals surface area contributed by atoms with Gasteiger partial charge in [0.2, 0.25) is 5.91 Å². The van der Waals surface area contributed by atoms with Crippen LogP contribution in [-0.4, -0.2) is 36.2 Å². The minimum Gasteiger partial charge on any atom is -0.464 e. The molecular formula is C14H24NO4P. The fraction of sp³-hybridized carbons (Fsp3) is 0.643. The van der Waals surface area contributed by atoms with Gasteiger partial charge in [-0.25, -0.2) is 4.79 Å². The van der Waals surface area contributed by atoms with Crippen LogP contribution in [0.25, 0.3) is 0 Å². The van der Waals surface area contributed by atoms with E-state index in [-0.39, 0.29) is 5.52 Å². The highest BCUT2D eigenvalue weighted by molar-refractivity contribution is 7.57. The molecule has 0 aromatic heterocycles. The van der Waals surface area contributed by atoms with E-state index in [1.807, 2.05) is 6.66 Å². The molecule has 0 aromatic rings. The molecule has 0 spiro atoms. The second-order valence-corrected chi connectivity index (χ2v) is 6.00. The number of hydrogen-bond acceptors (Lipinski definition) is 4. The molecule has 0 bridgehead atoms. The summed E-state index contributed by atoms with van der Waals surface area (Å²) in [6, 6.07) is 0. The minimum absolute atomic E-state index is 0.287. The number of amides is 1. The van der Waals surface area contributed by atoms with Crippen molar-refractivity contribution in [1.29, 1.82) is 0 Å². The molecule has 0 fully saturated rings. The van der Waals surface area contributed by atoms with Gasteiger partial charge in [-0.2, -0.15) is 0 Å². The highest BCUT2D eigenvalue weighted by Crippen LogP contribution is 2.12. The van der Waals surface area contributed by atoms with Crippen LogP contribution in [0.4, 0.5) is 0 Å². The largest absolute Gasteiger partial charge is 0.464 e. The Hall–Kier alpha value is -1.22. The van der Waals surface area contributed by atoms with Crippen molar-refractivity contribution >= 4 is 26.0 Å². The lowest BCUT2D eigenvalue weighted by Crippen LogP contribution is -2.50. The average molecular weight is 301 g/mol. The highest BCUT2D eigenvalue weighted by Gasteiger charge is 2.30. The lowest BCUT2D eigenvalue weighted by Gasteiger charge is -2.23. The van der Waals surface area contributed by atoms with Gasteiger partial charge in [0.25, 0.3) is 0 Å². The molecule has 5 nitrogen and oxygen atoms in total. The Morgan fingerprint density at radius 2 is 1.90 bits per heavy atom. The molecule has 0 heterocycles. The predicted molar refractivity (Wildman–Crippen MR) is 81.1 cm³/mol. The SMILES string of the molecule is C=CC(=O)NC(C)(C)C(=O)OCCCCCC(=O)PC. The van der Waals surface area contributed by atoms with E-state index < -0.39 is 17.4 Å². The number of nitrogens with one attached hydrogen (secondary N) is 1. The van der Waals surface area contributed by atoms with Gasteiger partial charge in [0.15, 0.2) is 5.52 Å². The number of hydrogen-bond donors (Lipinski definition) is 1. The first kappa shape index (κ1) is 18.8. The van der Waals surface area contributed by atoms with Crippen LogP contribution >= 0.6 is 8.58 Å².